The Labute approximate surface area is 205 Å². The van der Waals surface area contributed by atoms with E-state index in [2.05, 4.69) is 15.0 Å². The molecule has 0 bridgehead atoms. The maximum absolute atomic E-state index is 13.7. The lowest BCUT2D eigenvalue weighted by molar-refractivity contribution is -0.135. The third-order valence-electron chi connectivity index (χ3n) is 5.97. The van der Waals surface area contributed by atoms with E-state index in [0.29, 0.717) is 43.4 Å². The molecule has 0 saturated carbocycles. The van der Waals surface area contributed by atoms with Crippen molar-refractivity contribution in [1.82, 2.24) is 24.4 Å². The van der Waals surface area contributed by atoms with Crippen molar-refractivity contribution >= 4 is 22.2 Å². The van der Waals surface area contributed by atoms with E-state index >= 15 is 0 Å². The van der Waals surface area contributed by atoms with Gasteiger partial charge in [0, 0.05) is 44.4 Å². The van der Waals surface area contributed by atoms with Crippen LogP contribution in [0, 0.1) is 12.7 Å². The Hall–Kier alpha value is -3.63. The molecule has 2 aromatic heterocycles. The lowest BCUT2D eigenvalue weighted by Gasteiger charge is -2.34. The van der Waals surface area contributed by atoms with Crippen LogP contribution in [0.5, 0.6) is 5.75 Å². The predicted octanol–water partition coefficient (Wildman–Crippen LogP) is 2.99. The molecule has 35 heavy (non-hydrogen) atoms. The first-order chi connectivity index (χ1) is 17.0. The van der Waals surface area contributed by atoms with Gasteiger partial charge in [-0.05, 0) is 24.6 Å². The molecule has 1 fully saturated rings. The zero-order valence-electron chi connectivity index (χ0n) is 19.2. The number of benzene rings is 2. The van der Waals surface area contributed by atoms with Gasteiger partial charge in [-0.25, -0.2) is 9.37 Å². The van der Waals surface area contributed by atoms with Crippen LogP contribution in [-0.4, -0.2) is 63.1 Å². The molecule has 8 nitrogen and oxygen atoms in total. The highest BCUT2D eigenvalue weighted by Gasteiger charge is 2.22. The molecule has 1 saturated heterocycles. The number of nitrogens with zero attached hydrogens (tertiary/aromatic N) is 5. The Morgan fingerprint density at radius 2 is 1.83 bits per heavy atom. The lowest BCUT2D eigenvalue weighted by Crippen LogP contribution is -2.49. The standard InChI is InChI=1S/C25H24FN5O3S/c1-17-6-2-3-7-19(17)24-28-31-22(32)14-18(27-25(31)35-24)15-29-10-12-30(13-11-29)23(33)16-34-21-9-5-4-8-20(21)26/h2-9,14H,10-13,15-16H2,1H3. The molecular formula is C25H24FN5O3S. The number of aryl methyl sites for hydroxylation is 1. The highest BCUT2D eigenvalue weighted by Crippen LogP contribution is 2.27. The number of para-hydroxylation sites is 1. The minimum absolute atomic E-state index is 0.0703. The van der Waals surface area contributed by atoms with Crippen molar-refractivity contribution < 1.29 is 13.9 Å². The van der Waals surface area contributed by atoms with Crippen molar-refractivity contribution in [2.45, 2.75) is 13.5 Å². The number of rotatable bonds is 6. The monoisotopic (exact) mass is 493 g/mol. The topological polar surface area (TPSA) is 80.0 Å². The average Bonchev–Trinajstić information content (AvgIpc) is 3.29. The molecule has 2 aromatic carbocycles. The van der Waals surface area contributed by atoms with Gasteiger partial charge >= 0.3 is 0 Å². The van der Waals surface area contributed by atoms with E-state index in [1.54, 1.807) is 17.0 Å². The fourth-order valence-electron chi connectivity index (χ4n) is 4.04. The van der Waals surface area contributed by atoms with Gasteiger partial charge in [-0.15, -0.1) is 0 Å². The molecule has 1 amide bonds. The zero-order valence-corrected chi connectivity index (χ0v) is 20.0. The largest absolute Gasteiger partial charge is 0.481 e. The van der Waals surface area contributed by atoms with Gasteiger partial charge in [-0.1, -0.05) is 47.7 Å². The van der Waals surface area contributed by atoms with Crippen LogP contribution in [0.2, 0.25) is 0 Å². The van der Waals surface area contributed by atoms with Gasteiger partial charge in [0.1, 0.15) is 5.01 Å². The second-order valence-corrected chi connectivity index (χ2v) is 9.33. The van der Waals surface area contributed by atoms with E-state index in [-0.39, 0.29) is 23.8 Å². The first-order valence-electron chi connectivity index (χ1n) is 11.3. The molecule has 5 rings (SSSR count). The molecule has 10 heteroatoms. The molecule has 1 aliphatic heterocycles. The van der Waals surface area contributed by atoms with Gasteiger partial charge in [-0.3, -0.25) is 14.5 Å². The Balaban J connectivity index is 1.20. The van der Waals surface area contributed by atoms with E-state index in [4.69, 9.17) is 4.74 Å². The molecule has 180 valence electrons. The molecule has 4 aromatic rings. The molecule has 0 N–H and O–H groups in total. The van der Waals surface area contributed by atoms with Crippen LogP contribution in [0.25, 0.3) is 15.5 Å². The van der Waals surface area contributed by atoms with Crippen molar-refractivity contribution in [3.05, 3.63) is 82.0 Å². The molecule has 1 aliphatic rings. The van der Waals surface area contributed by atoms with Crippen molar-refractivity contribution in [3.8, 4) is 16.3 Å². The SMILES string of the molecule is Cc1ccccc1-c1nn2c(=O)cc(CN3CCN(C(=O)COc4ccccc4F)CC3)nc2s1. The van der Waals surface area contributed by atoms with Crippen molar-refractivity contribution in [1.29, 1.82) is 0 Å². The molecule has 3 heterocycles. The number of fused-ring (bicyclic) bond motifs is 1. The number of carbonyl (C=O) groups excluding carboxylic acids is 1. The van der Waals surface area contributed by atoms with E-state index in [9.17, 15) is 14.0 Å². The van der Waals surface area contributed by atoms with Crippen molar-refractivity contribution in [2.24, 2.45) is 0 Å². The van der Waals surface area contributed by atoms with Crippen molar-refractivity contribution in [3.63, 3.8) is 0 Å². The molecule has 0 radical (unpaired) electrons. The Kier molecular flexibility index (Phi) is 6.56. The third kappa shape index (κ3) is 5.08. The number of hydrogen-bond acceptors (Lipinski definition) is 7. The normalized spacial score (nSPS) is 14.4. The van der Waals surface area contributed by atoms with Crippen LogP contribution in [0.3, 0.4) is 0 Å². The number of carbonyl (C=O) groups is 1. The minimum Gasteiger partial charge on any atom is -0.481 e. The average molecular weight is 494 g/mol. The van der Waals surface area contributed by atoms with Gasteiger partial charge in [-0.2, -0.15) is 9.61 Å². The molecular weight excluding hydrogens is 469 g/mol. The second kappa shape index (κ2) is 9.93. The number of amides is 1. The van der Waals surface area contributed by atoms with Gasteiger partial charge < -0.3 is 9.64 Å². The molecule has 0 spiro atoms. The Morgan fingerprint density at radius 1 is 1.09 bits per heavy atom. The van der Waals surface area contributed by atoms with Gasteiger partial charge in [0.05, 0.1) is 5.69 Å². The molecule has 0 atom stereocenters. The summed E-state index contributed by atoms with van der Waals surface area (Å²) in [7, 11) is 0. The quantitative estimate of drug-likeness (QED) is 0.411. The zero-order chi connectivity index (χ0) is 24.4. The second-order valence-electron chi connectivity index (χ2n) is 8.38. The summed E-state index contributed by atoms with van der Waals surface area (Å²) in [6, 6.07) is 15.5. The number of aromatic nitrogens is 3. The van der Waals surface area contributed by atoms with Crippen LogP contribution >= 0.6 is 11.3 Å². The fourth-order valence-corrected chi connectivity index (χ4v) is 5.05. The molecule has 0 unspecified atom stereocenters. The number of hydrogen-bond donors (Lipinski definition) is 0. The summed E-state index contributed by atoms with van der Waals surface area (Å²) < 4.78 is 20.4. The first kappa shape index (κ1) is 23.1. The maximum Gasteiger partial charge on any atom is 0.275 e. The van der Waals surface area contributed by atoms with Crippen LogP contribution < -0.4 is 10.3 Å². The van der Waals surface area contributed by atoms with Crippen LogP contribution in [-0.2, 0) is 11.3 Å². The lowest BCUT2D eigenvalue weighted by atomic mass is 10.1. The summed E-state index contributed by atoms with van der Waals surface area (Å²) in [4.78, 5) is 34.3. The van der Waals surface area contributed by atoms with E-state index < -0.39 is 5.82 Å². The number of halogens is 1. The highest BCUT2D eigenvalue weighted by atomic mass is 32.1. The van der Waals surface area contributed by atoms with Gasteiger partial charge in [0.15, 0.2) is 18.2 Å². The smallest absolute Gasteiger partial charge is 0.275 e. The van der Waals surface area contributed by atoms with Crippen LogP contribution in [0.15, 0.2) is 59.4 Å². The maximum atomic E-state index is 13.7. The predicted molar refractivity (Wildman–Crippen MR) is 131 cm³/mol. The van der Waals surface area contributed by atoms with Crippen LogP contribution in [0.1, 0.15) is 11.3 Å². The summed E-state index contributed by atoms with van der Waals surface area (Å²) in [5.41, 5.74) is 2.55. The first-order valence-corrected chi connectivity index (χ1v) is 12.1. The Morgan fingerprint density at radius 3 is 2.60 bits per heavy atom. The summed E-state index contributed by atoms with van der Waals surface area (Å²) >= 11 is 1.39. The number of ether oxygens (including phenoxy) is 1. The summed E-state index contributed by atoms with van der Waals surface area (Å²) in [6.07, 6.45) is 0. The van der Waals surface area contributed by atoms with E-state index in [0.717, 1.165) is 16.1 Å². The molecule has 0 aliphatic carbocycles. The third-order valence-corrected chi connectivity index (χ3v) is 6.91. The summed E-state index contributed by atoms with van der Waals surface area (Å²) in [6.45, 7) is 4.66. The summed E-state index contributed by atoms with van der Waals surface area (Å²) in [5, 5.41) is 5.23. The van der Waals surface area contributed by atoms with Crippen LogP contribution in [0.4, 0.5) is 4.39 Å². The number of piperazine rings is 1. The Bertz CT molecular complexity index is 1430. The van der Waals surface area contributed by atoms with Gasteiger partial charge in [0.2, 0.25) is 4.96 Å². The minimum atomic E-state index is -0.488. The van der Waals surface area contributed by atoms with Crippen molar-refractivity contribution in [2.75, 3.05) is 32.8 Å². The highest BCUT2D eigenvalue weighted by molar-refractivity contribution is 7.19. The van der Waals surface area contributed by atoms with Gasteiger partial charge in [0.25, 0.3) is 11.5 Å². The summed E-state index contributed by atoms with van der Waals surface area (Å²) in [5.74, 6) is -0.600. The van der Waals surface area contributed by atoms with E-state index in [1.807, 2.05) is 31.2 Å². The van der Waals surface area contributed by atoms with E-state index in [1.165, 1.54) is 34.1 Å². The fraction of sp³-hybridized carbons (Fsp3) is 0.280.